The number of nitrogens with zero attached hydrogens (tertiary/aromatic N) is 1. The van der Waals surface area contributed by atoms with Gasteiger partial charge in [-0.2, -0.15) is 17.9 Å². The lowest BCUT2D eigenvalue weighted by molar-refractivity contribution is -0.635. The molecule has 1 rings (SSSR count). The van der Waals surface area contributed by atoms with Crippen LogP contribution in [-0.2, 0) is 10.9 Å². The molecule has 1 aromatic heterocycles. The molecule has 0 spiro atoms. The van der Waals surface area contributed by atoms with E-state index in [-0.39, 0.29) is 22.6 Å². The summed E-state index contributed by atoms with van der Waals surface area (Å²) < 4.78 is 41.4. The Morgan fingerprint density at radius 1 is 1.47 bits per heavy atom. The third-order valence-corrected chi connectivity index (χ3v) is 2.11. The highest BCUT2D eigenvalue weighted by atomic mass is 19.4. The maximum atomic E-state index is 12.4. The number of hydrogen-bond donors (Lipinski definition) is 0. The van der Waals surface area contributed by atoms with E-state index in [4.69, 9.17) is 0 Å². The van der Waals surface area contributed by atoms with Crippen molar-refractivity contribution in [1.29, 1.82) is 0 Å². The second kappa shape index (κ2) is 4.60. The van der Waals surface area contributed by atoms with Crippen LogP contribution in [0.1, 0.15) is 28.7 Å². The molecule has 1 heterocycles. The monoisotopic (exact) mass is 249 g/mol. The van der Waals surface area contributed by atoms with Gasteiger partial charge in [0.05, 0.1) is 6.61 Å². The van der Waals surface area contributed by atoms with Crippen molar-refractivity contribution in [2.45, 2.75) is 20.0 Å². The van der Waals surface area contributed by atoms with Crippen LogP contribution in [-0.4, -0.2) is 12.6 Å². The second-order valence-corrected chi connectivity index (χ2v) is 3.23. The minimum atomic E-state index is -4.75. The minimum Gasteiger partial charge on any atom is -0.618 e. The van der Waals surface area contributed by atoms with Crippen LogP contribution in [0.25, 0.3) is 0 Å². The van der Waals surface area contributed by atoms with Gasteiger partial charge in [0.1, 0.15) is 5.56 Å². The predicted molar refractivity (Wildman–Crippen MR) is 51.1 cm³/mol. The van der Waals surface area contributed by atoms with Gasteiger partial charge in [-0.3, -0.25) is 0 Å². The van der Waals surface area contributed by atoms with E-state index in [2.05, 4.69) is 4.74 Å². The number of halogens is 3. The van der Waals surface area contributed by atoms with Crippen molar-refractivity contribution in [3.8, 4) is 0 Å². The largest absolute Gasteiger partial charge is 0.618 e. The molecule has 0 unspecified atom stereocenters. The highest BCUT2D eigenvalue weighted by Crippen LogP contribution is 2.27. The Morgan fingerprint density at radius 2 is 2.06 bits per heavy atom. The SMILES string of the molecule is CCOC(=O)c1ccc(C(F)(F)F)[n+]([O-])c1C. The number of carbonyl (C=O) groups is 1. The van der Waals surface area contributed by atoms with Gasteiger partial charge in [0.25, 0.3) is 5.69 Å². The molecule has 0 bridgehead atoms. The molecule has 1 aromatic rings. The van der Waals surface area contributed by atoms with Crippen molar-refractivity contribution in [1.82, 2.24) is 0 Å². The Bertz CT molecular complexity index is 443. The van der Waals surface area contributed by atoms with Gasteiger partial charge < -0.3 is 9.94 Å². The molecule has 0 saturated heterocycles. The molecule has 0 aliphatic rings. The van der Waals surface area contributed by atoms with Gasteiger partial charge in [0, 0.05) is 13.0 Å². The quantitative estimate of drug-likeness (QED) is 0.456. The summed E-state index contributed by atoms with van der Waals surface area (Å²) in [6.07, 6.45) is -4.75. The van der Waals surface area contributed by atoms with E-state index in [1.54, 1.807) is 6.92 Å². The lowest BCUT2D eigenvalue weighted by atomic mass is 10.2. The molecule has 0 aromatic carbocycles. The number of aromatic nitrogens is 1. The first-order valence-corrected chi connectivity index (χ1v) is 4.76. The fourth-order valence-electron chi connectivity index (χ4n) is 1.27. The van der Waals surface area contributed by atoms with Crippen LogP contribution in [0.4, 0.5) is 13.2 Å². The van der Waals surface area contributed by atoms with E-state index >= 15 is 0 Å². The van der Waals surface area contributed by atoms with E-state index < -0.39 is 17.8 Å². The number of pyridine rings is 1. The Kier molecular flexibility index (Phi) is 3.59. The number of esters is 1. The first-order chi connectivity index (χ1) is 7.79. The van der Waals surface area contributed by atoms with Gasteiger partial charge in [0.2, 0.25) is 5.69 Å². The first-order valence-electron chi connectivity index (χ1n) is 4.76. The number of hydrogen-bond acceptors (Lipinski definition) is 3. The van der Waals surface area contributed by atoms with Gasteiger partial charge in [0.15, 0.2) is 0 Å². The van der Waals surface area contributed by atoms with E-state index in [1.807, 2.05) is 0 Å². The van der Waals surface area contributed by atoms with Crippen LogP contribution in [0.3, 0.4) is 0 Å². The van der Waals surface area contributed by atoms with Gasteiger partial charge >= 0.3 is 12.1 Å². The van der Waals surface area contributed by atoms with E-state index in [0.717, 1.165) is 13.0 Å². The lowest BCUT2D eigenvalue weighted by Crippen LogP contribution is -2.41. The standard InChI is InChI=1S/C10H10F3NO3/c1-3-17-9(15)7-4-5-8(10(11,12)13)14(16)6(7)2/h4-5H,3H2,1-2H3. The third-order valence-electron chi connectivity index (χ3n) is 2.11. The fourth-order valence-corrected chi connectivity index (χ4v) is 1.27. The summed E-state index contributed by atoms with van der Waals surface area (Å²) in [6, 6.07) is 1.50. The molecule has 94 valence electrons. The lowest BCUT2D eigenvalue weighted by Gasteiger charge is -2.11. The highest BCUT2D eigenvalue weighted by Gasteiger charge is 2.41. The summed E-state index contributed by atoms with van der Waals surface area (Å²) in [7, 11) is 0. The fraction of sp³-hybridized carbons (Fsp3) is 0.400. The molecule has 0 fully saturated rings. The second-order valence-electron chi connectivity index (χ2n) is 3.23. The van der Waals surface area contributed by atoms with Crippen molar-refractivity contribution in [3.05, 3.63) is 34.3 Å². The van der Waals surface area contributed by atoms with Crippen LogP contribution < -0.4 is 4.73 Å². The van der Waals surface area contributed by atoms with E-state index in [9.17, 15) is 23.2 Å². The average molecular weight is 249 g/mol. The average Bonchev–Trinajstić information content (AvgIpc) is 2.20. The zero-order valence-corrected chi connectivity index (χ0v) is 9.17. The Morgan fingerprint density at radius 3 is 2.53 bits per heavy atom. The predicted octanol–water partition coefficient (Wildman–Crippen LogP) is 1.82. The number of rotatable bonds is 2. The molecular weight excluding hydrogens is 239 g/mol. The van der Waals surface area contributed by atoms with Crippen molar-refractivity contribution >= 4 is 5.97 Å². The molecule has 0 N–H and O–H groups in total. The minimum absolute atomic E-state index is 0.0815. The zero-order valence-electron chi connectivity index (χ0n) is 9.17. The maximum absolute atomic E-state index is 12.4. The molecule has 0 atom stereocenters. The normalized spacial score (nSPS) is 11.4. The summed E-state index contributed by atoms with van der Waals surface area (Å²) in [5, 5.41) is 11.3. The molecule has 0 amide bonds. The van der Waals surface area contributed by atoms with Gasteiger partial charge in [-0.15, -0.1) is 0 Å². The third kappa shape index (κ3) is 2.66. The van der Waals surface area contributed by atoms with Crippen LogP contribution in [0.15, 0.2) is 12.1 Å². The first kappa shape index (κ1) is 13.3. The van der Waals surface area contributed by atoms with Crippen molar-refractivity contribution in [2.75, 3.05) is 6.61 Å². The molecule has 17 heavy (non-hydrogen) atoms. The van der Waals surface area contributed by atoms with Gasteiger partial charge in [-0.05, 0) is 13.0 Å². The number of carbonyl (C=O) groups excluding carboxylic acids is 1. The van der Waals surface area contributed by atoms with Crippen molar-refractivity contribution in [2.24, 2.45) is 0 Å². The molecule has 7 heteroatoms. The Balaban J connectivity index is 3.25. The number of alkyl halides is 3. The smallest absolute Gasteiger partial charge is 0.478 e. The van der Waals surface area contributed by atoms with E-state index in [1.165, 1.54) is 0 Å². The van der Waals surface area contributed by atoms with Crippen LogP contribution in [0, 0.1) is 12.1 Å². The Hall–Kier alpha value is -1.79. The highest BCUT2D eigenvalue weighted by molar-refractivity contribution is 5.90. The topological polar surface area (TPSA) is 53.2 Å². The molecule has 4 nitrogen and oxygen atoms in total. The molecular formula is C10H10F3NO3. The van der Waals surface area contributed by atoms with Crippen molar-refractivity contribution < 1.29 is 27.4 Å². The zero-order chi connectivity index (χ0) is 13.2. The summed E-state index contributed by atoms with van der Waals surface area (Å²) in [6.45, 7) is 2.77. The molecule has 0 aliphatic carbocycles. The summed E-state index contributed by atoms with van der Waals surface area (Å²) in [4.78, 5) is 11.3. The summed E-state index contributed by atoms with van der Waals surface area (Å²) in [5.74, 6) is -0.816. The van der Waals surface area contributed by atoms with Crippen LogP contribution >= 0.6 is 0 Å². The molecule has 0 aliphatic heterocycles. The summed E-state index contributed by atoms with van der Waals surface area (Å²) >= 11 is 0. The summed E-state index contributed by atoms with van der Waals surface area (Å²) in [5.41, 5.74) is -1.86. The molecule has 0 saturated carbocycles. The Labute approximate surface area is 95.2 Å². The van der Waals surface area contributed by atoms with Crippen LogP contribution in [0.2, 0.25) is 0 Å². The van der Waals surface area contributed by atoms with Crippen LogP contribution in [0.5, 0.6) is 0 Å². The molecule has 0 radical (unpaired) electrons. The van der Waals surface area contributed by atoms with Gasteiger partial charge in [-0.1, -0.05) is 0 Å². The van der Waals surface area contributed by atoms with Gasteiger partial charge in [-0.25, -0.2) is 4.79 Å². The van der Waals surface area contributed by atoms with Crippen molar-refractivity contribution in [3.63, 3.8) is 0 Å². The maximum Gasteiger partial charge on any atom is 0.478 e. The number of ether oxygens (including phenoxy) is 1. The van der Waals surface area contributed by atoms with E-state index in [0.29, 0.717) is 6.07 Å².